The molecule has 0 amide bonds. The molecule has 6 heteroatoms. The summed E-state index contributed by atoms with van der Waals surface area (Å²) in [6.45, 7) is 1.54. The maximum absolute atomic E-state index is 13.7. The number of halogens is 1. The Kier molecular flexibility index (Phi) is 4.14. The van der Waals surface area contributed by atoms with Gasteiger partial charge in [0.15, 0.2) is 0 Å². The van der Waals surface area contributed by atoms with Crippen molar-refractivity contribution >= 4 is 5.69 Å². The summed E-state index contributed by atoms with van der Waals surface area (Å²) >= 11 is 0. The fraction of sp³-hybridized carbons (Fsp3) is 0.455. The molecular weight excluding hydrogens is 227 g/mol. The Bertz CT molecular complexity index is 425. The zero-order chi connectivity index (χ0) is 13.1. The van der Waals surface area contributed by atoms with Crippen LogP contribution in [0.1, 0.15) is 25.3 Å². The quantitative estimate of drug-likeness (QED) is 0.607. The first-order chi connectivity index (χ1) is 7.94. The second-order valence-corrected chi connectivity index (χ2v) is 3.90. The molecule has 0 spiro atoms. The molecule has 1 unspecified atom stereocenters. The van der Waals surface area contributed by atoms with Crippen LogP contribution in [-0.2, 0) is 5.54 Å². The summed E-state index contributed by atoms with van der Waals surface area (Å²) in [5.74, 6) is -0.589. The van der Waals surface area contributed by atoms with E-state index in [2.05, 4.69) is 0 Å². The molecule has 5 nitrogen and oxygen atoms in total. The largest absolute Gasteiger partial charge is 0.396 e. The van der Waals surface area contributed by atoms with Crippen LogP contribution in [0.4, 0.5) is 10.1 Å². The summed E-state index contributed by atoms with van der Waals surface area (Å²) in [7, 11) is 0. The summed E-state index contributed by atoms with van der Waals surface area (Å²) in [5, 5.41) is 19.6. The smallest absolute Gasteiger partial charge is 0.269 e. The first-order valence-electron chi connectivity index (χ1n) is 5.28. The molecule has 0 fully saturated rings. The van der Waals surface area contributed by atoms with Gasteiger partial charge in [0.2, 0.25) is 0 Å². The summed E-state index contributed by atoms with van der Waals surface area (Å²) in [4.78, 5) is 10.0. The second-order valence-electron chi connectivity index (χ2n) is 3.90. The number of nitrogens with zero attached hydrogens (tertiary/aromatic N) is 1. The molecule has 0 aliphatic heterocycles. The average Bonchev–Trinajstić information content (AvgIpc) is 2.29. The van der Waals surface area contributed by atoms with Crippen LogP contribution in [0.25, 0.3) is 0 Å². The van der Waals surface area contributed by atoms with Crippen LogP contribution in [0.15, 0.2) is 18.2 Å². The van der Waals surface area contributed by atoms with Crippen molar-refractivity contribution in [2.24, 2.45) is 5.73 Å². The molecule has 0 saturated heterocycles. The minimum atomic E-state index is -1.08. The van der Waals surface area contributed by atoms with Crippen molar-refractivity contribution in [3.05, 3.63) is 39.7 Å². The van der Waals surface area contributed by atoms with E-state index in [4.69, 9.17) is 10.8 Å². The average molecular weight is 242 g/mol. The van der Waals surface area contributed by atoms with Gasteiger partial charge < -0.3 is 10.8 Å². The molecule has 1 aromatic carbocycles. The zero-order valence-corrected chi connectivity index (χ0v) is 9.52. The van der Waals surface area contributed by atoms with E-state index >= 15 is 0 Å². The third-order valence-corrected chi connectivity index (χ3v) is 2.89. The number of benzene rings is 1. The van der Waals surface area contributed by atoms with Gasteiger partial charge in [0.1, 0.15) is 5.82 Å². The first kappa shape index (κ1) is 13.5. The number of nitrogens with two attached hydrogens (primary N) is 1. The van der Waals surface area contributed by atoms with Crippen LogP contribution >= 0.6 is 0 Å². The topological polar surface area (TPSA) is 89.4 Å². The van der Waals surface area contributed by atoms with Crippen molar-refractivity contribution in [1.29, 1.82) is 0 Å². The van der Waals surface area contributed by atoms with Crippen LogP contribution < -0.4 is 5.73 Å². The van der Waals surface area contributed by atoms with Gasteiger partial charge in [-0.15, -0.1) is 0 Å². The van der Waals surface area contributed by atoms with E-state index in [-0.39, 0.29) is 24.3 Å². The minimum absolute atomic E-state index is 0.0725. The molecule has 0 aromatic heterocycles. The zero-order valence-electron chi connectivity index (χ0n) is 9.52. The van der Waals surface area contributed by atoms with E-state index in [0.29, 0.717) is 6.42 Å². The molecule has 17 heavy (non-hydrogen) atoms. The third-order valence-electron chi connectivity index (χ3n) is 2.89. The third kappa shape index (κ3) is 2.78. The van der Waals surface area contributed by atoms with Gasteiger partial charge in [-0.1, -0.05) is 6.92 Å². The maximum atomic E-state index is 13.7. The second kappa shape index (κ2) is 5.20. The van der Waals surface area contributed by atoms with Crippen LogP contribution in [-0.4, -0.2) is 16.6 Å². The Balaban J connectivity index is 3.27. The minimum Gasteiger partial charge on any atom is -0.396 e. The molecule has 94 valence electrons. The fourth-order valence-corrected chi connectivity index (χ4v) is 1.71. The summed E-state index contributed by atoms with van der Waals surface area (Å²) in [5.41, 5.74) is 4.76. The molecule has 0 bridgehead atoms. The molecule has 3 N–H and O–H groups in total. The number of hydrogen-bond donors (Lipinski definition) is 2. The molecule has 0 aliphatic rings. The van der Waals surface area contributed by atoms with Gasteiger partial charge in [0, 0.05) is 29.8 Å². The Morgan fingerprint density at radius 2 is 2.24 bits per heavy atom. The van der Waals surface area contributed by atoms with Crippen molar-refractivity contribution in [2.45, 2.75) is 25.3 Å². The highest BCUT2D eigenvalue weighted by molar-refractivity contribution is 5.39. The van der Waals surface area contributed by atoms with Gasteiger partial charge in [-0.3, -0.25) is 10.1 Å². The van der Waals surface area contributed by atoms with Crippen molar-refractivity contribution in [2.75, 3.05) is 6.61 Å². The molecule has 0 heterocycles. The number of aliphatic hydroxyl groups is 1. The lowest BCUT2D eigenvalue weighted by Gasteiger charge is -2.28. The molecule has 0 radical (unpaired) electrons. The van der Waals surface area contributed by atoms with Gasteiger partial charge in [0.05, 0.1) is 4.92 Å². The molecule has 0 saturated carbocycles. The predicted octanol–water partition coefficient (Wildman–Crippen LogP) is 1.68. The van der Waals surface area contributed by atoms with E-state index in [1.54, 1.807) is 6.92 Å². The highest BCUT2D eigenvalue weighted by Gasteiger charge is 2.29. The molecule has 1 rings (SSSR count). The molecular formula is C11H15FN2O3. The highest BCUT2D eigenvalue weighted by atomic mass is 19.1. The summed E-state index contributed by atoms with van der Waals surface area (Å²) in [6, 6.07) is 3.25. The fourth-order valence-electron chi connectivity index (χ4n) is 1.71. The summed E-state index contributed by atoms with van der Waals surface area (Å²) < 4.78 is 13.7. The Hall–Kier alpha value is -1.53. The normalized spacial score (nSPS) is 14.4. The lowest BCUT2D eigenvalue weighted by molar-refractivity contribution is -0.385. The van der Waals surface area contributed by atoms with Gasteiger partial charge in [-0.2, -0.15) is 0 Å². The molecule has 1 aromatic rings. The van der Waals surface area contributed by atoms with Crippen molar-refractivity contribution in [3.8, 4) is 0 Å². The van der Waals surface area contributed by atoms with Crippen molar-refractivity contribution < 1.29 is 14.4 Å². The van der Waals surface area contributed by atoms with Gasteiger partial charge in [-0.05, 0) is 18.9 Å². The van der Waals surface area contributed by atoms with Crippen molar-refractivity contribution in [3.63, 3.8) is 0 Å². The number of non-ortho nitro benzene ring substituents is 1. The van der Waals surface area contributed by atoms with Gasteiger partial charge in [-0.25, -0.2) is 4.39 Å². The maximum Gasteiger partial charge on any atom is 0.269 e. The van der Waals surface area contributed by atoms with E-state index in [0.717, 1.165) is 18.2 Å². The highest BCUT2D eigenvalue weighted by Crippen LogP contribution is 2.30. The lowest BCUT2D eigenvalue weighted by Crippen LogP contribution is -2.38. The van der Waals surface area contributed by atoms with Crippen LogP contribution in [0.2, 0.25) is 0 Å². The monoisotopic (exact) mass is 242 g/mol. The van der Waals surface area contributed by atoms with E-state index in [9.17, 15) is 14.5 Å². The van der Waals surface area contributed by atoms with Gasteiger partial charge >= 0.3 is 0 Å². The predicted molar refractivity (Wildman–Crippen MR) is 60.9 cm³/mol. The Morgan fingerprint density at radius 3 is 2.71 bits per heavy atom. The Labute approximate surface area is 98.2 Å². The van der Waals surface area contributed by atoms with Crippen molar-refractivity contribution in [1.82, 2.24) is 0 Å². The number of nitro benzene ring substituents is 1. The van der Waals surface area contributed by atoms with E-state index < -0.39 is 16.3 Å². The van der Waals surface area contributed by atoms with Crippen LogP contribution in [0.3, 0.4) is 0 Å². The SMILES string of the molecule is CCC(N)(CCO)c1cc([N+](=O)[O-])ccc1F. The number of hydrogen-bond acceptors (Lipinski definition) is 4. The van der Waals surface area contributed by atoms with Gasteiger partial charge in [0.25, 0.3) is 5.69 Å². The number of nitro groups is 1. The molecule has 0 aliphatic carbocycles. The van der Waals surface area contributed by atoms with Crippen LogP contribution in [0.5, 0.6) is 0 Å². The lowest BCUT2D eigenvalue weighted by atomic mass is 9.85. The van der Waals surface area contributed by atoms with Crippen LogP contribution in [0, 0.1) is 15.9 Å². The number of aliphatic hydroxyl groups excluding tert-OH is 1. The number of rotatable bonds is 5. The summed E-state index contributed by atoms with van der Waals surface area (Å²) in [6.07, 6.45) is 0.535. The molecule has 1 atom stereocenters. The van der Waals surface area contributed by atoms with E-state index in [1.807, 2.05) is 0 Å². The first-order valence-corrected chi connectivity index (χ1v) is 5.28. The van der Waals surface area contributed by atoms with E-state index in [1.165, 1.54) is 0 Å². The standard InChI is InChI=1S/C11H15FN2O3/c1-2-11(13,5-6-15)9-7-8(14(16)17)3-4-10(9)12/h3-4,7,15H,2,5-6,13H2,1H3. The Morgan fingerprint density at radius 1 is 1.59 bits per heavy atom.